The van der Waals surface area contributed by atoms with Crippen molar-refractivity contribution in [3.63, 3.8) is 0 Å². The first kappa shape index (κ1) is 30.0. The van der Waals surface area contributed by atoms with Gasteiger partial charge < -0.3 is 20.4 Å². The molecule has 0 unspecified atom stereocenters. The number of H-pyrrole nitrogens is 1. The van der Waals surface area contributed by atoms with Gasteiger partial charge >= 0.3 is 5.97 Å². The SMILES string of the molecule is O=C1OCCC1=C[C@H](C[C@@H]1CCNC1=O)NC(=O)[C@H](CC(=O)c1ccc(-c2cccc3ccccc23)[nH]1)Cc1ccc(F)cc1. The zero-order chi connectivity index (χ0) is 31.3. The molecule has 3 aromatic carbocycles. The molecule has 3 heterocycles. The highest BCUT2D eigenvalue weighted by molar-refractivity contribution is 6.00. The van der Waals surface area contributed by atoms with Gasteiger partial charge in [0.1, 0.15) is 5.82 Å². The van der Waals surface area contributed by atoms with E-state index in [0.29, 0.717) is 42.6 Å². The van der Waals surface area contributed by atoms with Gasteiger partial charge in [0.15, 0.2) is 5.78 Å². The molecular weight excluding hydrogens is 573 g/mol. The van der Waals surface area contributed by atoms with Crippen molar-refractivity contribution in [2.24, 2.45) is 11.8 Å². The summed E-state index contributed by atoms with van der Waals surface area (Å²) in [6.07, 6.45) is 3.14. The highest BCUT2D eigenvalue weighted by atomic mass is 19.1. The molecule has 45 heavy (non-hydrogen) atoms. The number of cyclic esters (lactones) is 1. The number of esters is 1. The van der Waals surface area contributed by atoms with E-state index in [1.165, 1.54) is 12.1 Å². The van der Waals surface area contributed by atoms with Gasteiger partial charge in [0.05, 0.1) is 12.3 Å². The second-order valence-electron chi connectivity index (χ2n) is 11.7. The molecule has 0 aliphatic carbocycles. The third-order valence-corrected chi connectivity index (χ3v) is 8.56. The van der Waals surface area contributed by atoms with Gasteiger partial charge in [0, 0.05) is 54.1 Å². The summed E-state index contributed by atoms with van der Waals surface area (Å²) in [5.74, 6) is -2.65. The van der Waals surface area contributed by atoms with Crippen molar-refractivity contribution in [2.75, 3.05) is 13.2 Å². The monoisotopic (exact) mass is 607 g/mol. The molecule has 0 spiro atoms. The van der Waals surface area contributed by atoms with Crippen LogP contribution in [0.1, 0.15) is 41.7 Å². The van der Waals surface area contributed by atoms with E-state index in [1.54, 1.807) is 24.3 Å². The summed E-state index contributed by atoms with van der Waals surface area (Å²) in [6, 6.07) is 22.8. The summed E-state index contributed by atoms with van der Waals surface area (Å²) in [5, 5.41) is 7.96. The van der Waals surface area contributed by atoms with Crippen LogP contribution in [0.5, 0.6) is 0 Å². The van der Waals surface area contributed by atoms with E-state index >= 15 is 0 Å². The number of Topliss-reactive ketones (excluding diaryl/α,β-unsaturated/α-hetero) is 1. The zero-order valence-corrected chi connectivity index (χ0v) is 24.7. The van der Waals surface area contributed by atoms with Crippen LogP contribution in [0.15, 0.2) is 90.5 Å². The molecule has 3 atom stereocenters. The number of aromatic nitrogens is 1. The Labute approximate surface area is 260 Å². The molecule has 6 rings (SSSR count). The van der Waals surface area contributed by atoms with E-state index in [2.05, 4.69) is 15.6 Å². The maximum Gasteiger partial charge on any atom is 0.333 e. The Morgan fingerprint density at radius 3 is 2.56 bits per heavy atom. The average molecular weight is 608 g/mol. The first-order valence-corrected chi connectivity index (χ1v) is 15.2. The Morgan fingerprint density at radius 1 is 1.00 bits per heavy atom. The minimum absolute atomic E-state index is 0.0894. The summed E-state index contributed by atoms with van der Waals surface area (Å²) in [6.45, 7) is 0.829. The zero-order valence-electron chi connectivity index (χ0n) is 24.7. The fourth-order valence-electron chi connectivity index (χ4n) is 6.16. The number of carbonyl (C=O) groups excluding carboxylic acids is 4. The number of ketones is 1. The normalized spacial score (nSPS) is 18.5. The Bertz CT molecular complexity index is 1770. The molecule has 9 heteroatoms. The van der Waals surface area contributed by atoms with E-state index in [4.69, 9.17) is 4.74 Å². The lowest BCUT2D eigenvalue weighted by molar-refractivity contribution is -0.135. The predicted octanol–water partition coefficient (Wildman–Crippen LogP) is 5.29. The van der Waals surface area contributed by atoms with Gasteiger partial charge in [-0.25, -0.2) is 9.18 Å². The van der Waals surface area contributed by atoms with Crippen LogP contribution in [0.2, 0.25) is 0 Å². The van der Waals surface area contributed by atoms with Crippen molar-refractivity contribution in [2.45, 2.75) is 38.1 Å². The number of halogens is 1. The number of amides is 2. The standard InChI is InChI=1S/C36H34FN3O5/c37-27-10-8-22(9-11-27)18-26(35(43)39-28(19-24-14-16-38-34(24)42)20-25-15-17-45-36(25)44)21-33(41)32-13-12-31(40-32)30-7-3-5-23-4-1-2-6-29(23)30/h1-13,20,24,26,28,40H,14-19,21H2,(H,38,42)(H,39,43)/t24-,26-,28-/m0/s1. The van der Waals surface area contributed by atoms with Crippen molar-refractivity contribution in [1.82, 2.24) is 15.6 Å². The number of nitrogens with one attached hydrogen (secondary N) is 3. The topological polar surface area (TPSA) is 117 Å². The smallest absolute Gasteiger partial charge is 0.333 e. The largest absolute Gasteiger partial charge is 0.462 e. The van der Waals surface area contributed by atoms with Gasteiger partial charge in [-0.3, -0.25) is 14.4 Å². The molecule has 2 saturated heterocycles. The van der Waals surface area contributed by atoms with Crippen LogP contribution in [0.4, 0.5) is 4.39 Å². The van der Waals surface area contributed by atoms with E-state index in [9.17, 15) is 23.6 Å². The van der Waals surface area contributed by atoms with Crippen LogP contribution in [-0.4, -0.2) is 47.7 Å². The molecule has 2 fully saturated rings. The van der Waals surface area contributed by atoms with Gasteiger partial charge in [-0.15, -0.1) is 0 Å². The van der Waals surface area contributed by atoms with E-state index in [1.807, 2.05) is 48.5 Å². The summed E-state index contributed by atoms with van der Waals surface area (Å²) in [7, 11) is 0. The maximum atomic E-state index is 13.9. The molecular formula is C36H34FN3O5. The summed E-state index contributed by atoms with van der Waals surface area (Å²) >= 11 is 0. The molecule has 1 aromatic heterocycles. The second-order valence-corrected chi connectivity index (χ2v) is 11.7. The van der Waals surface area contributed by atoms with Crippen LogP contribution < -0.4 is 10.6 Å². The number of carbonyl (C=O) groups is 4. The summed E-state index contributed by atoms with van der Waals surface area (Å²) in [4.78, 5) is 55.4. The Balaban J connectivity index is 1.24. The molecule has 0 saturated carbocycles. The lowest BCUT2D eigenvalue weighted by atomic mass is 9.91. The molecule has 3 N–H and O–H groups in total. The third kappa shape index (κ3) is 7.03. The highest BCUT2D eigenvalue weighted by Crippen LogP contribution is 2.29. The summed E-state index contributed by atoms with van der Waals surface area (Å²) in [5.41, 5.74) is 3.29. The number of rotatable bonds is 11. The molecule has 2 amide bonds. The van der Waals surface area contributed by atoms with Crippen molar-refractivity contribution in [1.29, 1.82) is 0 Å². The lowest BCUT2D eigenvalue weighted by Gasteiger charge is -2.22. The highest BCUT2D eigenvalue weighted by Gasteiger charge is 2.31. The minimum Gasteiger partial charge on any atom is -0.462 e. The number of fused-ring (bicyclic) bond motifs is 1. The van der Waals surface area contributed by atoms with Gasteiger partial charge in [-0.2, -0.15) is 0 Å². The first-order valence-electron chi connectivity index (χ1n) is 15.2. The molecule has 4 aromatic rings. The van der Waals surface area contributed by atoms with Crippen molar-refractivity contribution in [3.05, 3.63) is 108 Å². The number of hydrogen-bond acceptors (Lipinski definition) is 5. The Morgan fingerprint density at radius 2 is 1.80 bits per heavy atom. The Kier molecular flexibility index (Phi) is 8.86. The first-order chi connectivity index (χ1) is 21.8. The fourth-order valence-corrected chi connectivity index (χ4v) is 6.16. The minimum atomic E-state index is -0.791. The van der Waals surface area contributed by atoms with Crippen LogP contribution >= 0.6 is 0 Å². The van der Waals surface area contributed by atoms with Crippen LogP contribution in [0.3, 0.4) is 0 Å². The van der Waals surface area contributed by atoms with Gasteiger partial charge in [0.2, 0.25) is 11.8 Å². The Hall–Kier alpha value is -5.05. The quantitative estimate of drug-likeness (QED) is 0.122. The number of aromatic amines is 1. The second kappa shape index (κ2) is 13.3. The van der Waals surface area contributed by atoms with Crippen molar-refractivity contribution in [3.8, 4) is 11.3 Å². The van der Waals surface area contributed by atoms with Crippen LogP contribution in [0.25, 0.3) is 22.0 Å². The number of ether oxygens (including phenoxy) is 1. The third-order valence-electron chi connectivity index (χ3n) is 8.56. The molecule has 2 aliphatic rings. The summed E-state index contributed by atoms with van der Waals surface area (Å²) < 4.78 is 18.7. The maximum absolute atomic E-state index is 13.9. The average Bonchev–Trinajstić information content (AvgIpc) is 3.80. The van der Waals surface area contributed by atoms with Crippen LogP contribution in [-0.2, 0) is 25.5 Å². The van der Waals surface area contributed by atoms with E-state index in [-0.39, 0.29) is 43.0 Å². The molecule has 0 bridgehead atoms. The van der Waals surface area contributed by atoms with E-state index < -0.39 is 23.7 Å². The molecule has 8 nitrogen and oxygen atoms in total. The molecule has 2 aliphatic heterocycles. The lowest BCUT2D eigenvalue weighted by Crippen LogP contribution is -2.41. The number of benzene rings is 3. The van der Waals surface area contributed by atoms with Gasteiger partial charge in [-0.05, 0) is 59.9 Å². The number of hydrogen-bond donors (Lipinski definition) is 3. The van der Waals surface area contributed by atoms with Crippen molar-refractivity contribution < 1.29 is 28.3 Å². The molecule has 0 radical (unpaired) electrons. The predicted molar refractivity (Wildman–Crippen MR) is 168 cm³/mol. The fraction of sp³-hybridized carbons (Fsp3) is 0.278. The van der Waals surface area contributed by atoms with Crippen molar-refractivity contribution >= 4 is 34.3 Å². The van der Waals surface area contributed by atoms with Gasteiger partial charge in [0.25, 0.3) is 0 Å². The van der Waals surface area contributed by atoms with E-state index in [0.717, 1.165) is 22.0 Å². The molecule has 230 valence electrons. The van der Waals surface area contributed by atoms with Crippen LogP contribution in [0, 0.1) is 17.7 Å². The van der Waals surface area contributed by atoms with Gasteiger partial charge in [-0.1, -0.05) is 60.7 Å².